The molecule has 1 aliphatic heterocycles. The summed E-state index contributed by atoms with van der Waals surface area (Å²) in [6.45, 7) is 13.1. The van der Waals surface area contributed by atoms with Gasteiger partial charge in [-0.1, -0.05) is 135 Å². The summed E-state index contributed by atoms with van der Waals surface area (Å²) in [5, 5.41) is 3.47. The van der Waals surface area contributed by atoms with Crippen LogP contribution in [0.1, 0.15) is 76.8 Å². The summed E-state index contributed by atoms with van der Waals surface area (Å²) >= 11 is 0. The van der Waals surface area contributed by atoms with Crippen LogP contribution in [0.5, 0.6) is 0 Å². The molecule has 0 saturated heterocycles. The number of nitrogens with one attached hydrogen (secondary N) is 1. The van der Waals surface area contributed by atoms with Crippen LogP contribution >= 0.6 is 0 Å². The fraction of sp³-hybridized carbons (Fsp3) is 0.148. The molecule has 0 bridgehead atoms. The number of hydrogen-bond acceptors (Lipinski definition) is 1. The van der Waals surface area contributed by atoms with Gasteiger partial charge in [-0.3, -0.25) is 0 Å². The van der Waals surface area contributed by atoms with Crippen molar-refractivity contribution in [2.24, 2.45) is 5.92 Å². The predicted octanol–water partition coefficient (Wildman–Crippen LogP) is 13.7. The second-order valence-electron chi connectivity index (χ2n) is 16.0. The van der Waals surface area contributed by atoms with Crippen molar-refractivity contribution in [2.45, 2.75) is 46.5 Å². The van der Waals surface area contributed by atoms with Gasteiger partial charge < -0.3 is 5.32 Å². The molecule has 0 radical (unpaired) electrons. The topological polar surface area (TPSA) is 12.0 Å². The van der Waals surface area contributed by atoms with E-state index < -0.39 is 0 Å². The van der Waals surface area contributed by atoms with Crippen molar-refractivity contribution in [3.63, 3.8) is 0 Å². The van der Waals surface area contributed by atoms with Crippen LogP contribution < -0.4 is 5.32 Å². The maximum atomic E-state index is 4.31. The van der Waals surface area contributed by atoms with Gasteiger partial charge in [-0.2, -0.15) is 0 Å². The molecule has 1 heteroatoms. The average molecular weight is 708 g/mol. The van der Waals surface area contributed by atoms with Crippen LogP contribution in [0, 0.1) is 12.8 Å². The Morgan fingerprint density at radius 3 is 1.87 bits per heavy atom. The first-order valence-corrected chi connectivity index (χ1v) is 19.8. The Morgan fingerprint density at radius 2 is 1.16 bits per heavy atom. The zero-order valence-corrected chi connectivity index (χ0v) is 32.1. The SMILES string of the molecule is C=C1NC(C)=C(/C=C\C)c2cc(-c3ccc4c(c3)-c3cc(C5=CC(c6cc(-c7ccc8c(c7)-c7ccccc7C8)ccc6C)C(C)C=C5)ccc3C4)ccc21. The quantitative estimate of drug-likeness (QED) is 0.188. The number of benzene rings is 6. The molecule has 0 amide bonds. The first-order valence-electron chi connectivity index (χ1n) is 19.8. The second-order valence-corrected chi connectivity index (χ2v) is 16.0. The summed E-state index contributed by atoms with van der Waals surface area (Å²) in [5.74, 6) is 0.696. The summed E-state index contributed by atoms with van der Waals surface area (Å²) in [5.41, 5.74) is 27.3. The van der Waals surface area contributed by atoms with Crippen molar-refractivity contribution in [1.29, 1.82) is 0 Å². The Balaban J connectivity index is 0.981. The first kappa shape index (κ1) is 33.4. The Labute approximate surface area is 325 Å². The molecule has 0 saturated carbocycles. The van der Waals surface area contributed by atoms with Gasteiger partial charge in [0.15, 0.2) is 0 Å². The zero-order valence-electron chi connectivity index (χ0n) is 32.1. The molecule has 1 nitrogen and oxygen atoms in total. The van der Waals surface area contributed by atoms with Crippen LogP contribution in [-0.4, -0.2) is 0 Å². The van der Waals surface area contributed by atoms with Gasteiger partial charge in [0.25, 0.3) is 0 Å². The molecule has 0 aromatic heterocycles. The lowest BCUT2D eigenvalue weighted by Crippen LogP contribution is -2.16. The van der Waals surface area contributed by atoms with E-state index in [4.69, 9.17) is 0 Å². The highest BCUT2D eigenvalue weighted by atomic mass is 14.9. The molecule has 4 aliphatic rings. The van der Waals surface area contributed by atoms with Crippen molar-refractivity contribution in [3.05, 3.63) is 208 Å². The molecule has 6 aromatic rings. The zero-order chi connectivity index (χ0) is 37.4. The number of rotatable bonds is 5. The second kappa shape index (κ2) is 13.0. The van der Waals surface area contributed by atoms with E-state index in [-0.39, 0.29) is 0 Å². The van der Waals surface area contributed by atoms with Crippen LogP contribution in [0.3, 0.4) is 0 Å². The summed E-state index contributed by atoms with van der Waals surface area (Å²) < 4.78 is 0. The fourth-order valence-corrected chi connectivity index (χ4v) is 9.51. The van der Waals surface area contributed by atoms with E-state index in [2.05, 4.69) is 185 Å². The third kappa shape index (κ3) is 5.61. The molecule has 2 unspecified atom stereocenters. The summed E-state index contributed by atoms with van der Waals surface area (Å²) in [6, 6.07) is 44.0. The minimum atomic E-state index is 0.294. The molecular weight excluding hydrogens is 663 g/mol. The maximum absolute atomic E-state index is 4.31. The lowest BCUT2D eigenvalue weighted by molar-refractivity contribution is 0.634. The Morgan fingerprint density at radius 1 is 0.600 bits per heavy atom. The van der Waals surface area contributed by atoms with E-state index in [1.54, 1.807) is 0 Å². The summed E-state index contributed by atoms with van der Waals surface area (Å²) in [6.07, 6.45) is 13.6. The fourth-order valence-electron chi connectivity index (χ4n) is 9.51. The van der Waals surface area contributed by atoms with Gasteiger partial charge >= 0.3 is 0 Å². The van der Waals surface area contributed by atoms with Gasteiger partial charge in [0.2, 0.25) is 0 Å². The van der Waals surface area contributed by atoms with Crippen LogP contribution in [0.2, 0.25) is 0 Å². The molecule has 0 spiro atoms. The highest BCUT2D eigenvalue weighted by Gasteiger charge is 2.25. The molecule has 1 N–H and O–H groups in total. The molecule has 1 heterocycles. The normalized spacial score (nSPS) is 17.7. The van der Waals surface area contributed by atoms with Crippen LogP contribution in [0.15, 0.2) is 158 Å². The van der Waals surface area contributed by atoms with E-state index in [1.807, 2.05) is 0 Å². The van der Waals surface area contributed by atoms with Gasteiger partial charge in [-0.25, -0.2) is 0 Å². The number of fused-ring (bicyclic) bond motifs is 7. The molecule has 55 heavy (non-hydrogen) atoms. The molecule has 10 rings (SSSR count). The predicted molar refractivity (Wildman–Crippen MR) is 234 cm³/mol. The first-order chi connectivity index (χ1) is 26.8. The van der Waals surface area contributed by atoms with Gasteiger partial charge in [-0.05, 0) is 158 Å². The largest absolute Gasteiger partial charge is 0.359 e. The molecule has 266 valence electrons. The number of hydrogen-bond donors (Lipinski definition) is 1. The van der Waals surface area contributed by atoms with Gasteiger partial charge in [0.05, 0.1) is 0 Å². The summed E-state index contributed by atoms with van der Waals surface area (Å²) in [4.78, 5) is 0. The smallest absolute Gasteiger partial charge is 0.0388 e. The van der Waals surface area contributed by atoms with Crippen LogP contribution in [0.25, 0.3) is 61.4 Å². The van der Waals surface area contributed by atoms with E-state index >= 15 is 0 Å². The van der Waals surface area contributed by atoms with Crippen molar-refractivity contribution in [1.82, 2.24) is 5.32 Å². The monoisotopic (exact) mass is 707 g/mol. The lowest BCUT2D eigenvalue weighted by atomic mass is 9.78. The molecule has 0 fully saturated rings. The number of aryl methyl sites for hydroxylation is 1. The standard InChI is InChI=1S/C54H45N/c1-6-9-46-34(4)55-35(5)47-23-22-41(31-54(46)47)40-18-21-45-25-44-20-17-39(29-52(44)53(45)30-40)37-15-13-33(3)50(27-37)49-26-36(14-12-32(49)2)38-16-19-43-24-42-10-7-8-11-48(42)51(43)28-38/h6-23,26-31,33,50,55H,5,24-25H2,1-4H3/b9-6-. The molecular formula is C54H45N. The molecule has 2 atom stereocenters. The van der Waals surface area contributed by atoms with Gasteiger partial charge in [-0.15, -0.1) is 0 Å². The average Bonchev–Trinajstić information content (AvgIpc) is 3.77. The van der Waals surface area contributed by atoms with Crippen molar-refractivity contribution in [2.75, 3.05) is 0 Å². The van der Waals surface area contributed by atoms with E-state index in [9.17, 15) is 0 Å². The van der Waals surface area contributed by atoms with Gasteiger partial charge in [0.1, 0.15) is 0 Å². The van der Waals surface area contributed by atoms with Gasteiger partial charge in [0, 0.05) is 28.4 Å². The molecule has 3 aliphatic carbocycles. The number of allylic oxidation sites excluding steroid dienone is 8. The summed E-state index contributed by atoms with van der Waals surface area (Å²) in [7, 11) is 0. The minimum Gasteiger partial charge on any atom is -0.359 e. The third-order valence-corrected chi connectivity index (χ3v) is 12.5. The van der Waals surface area contributed by atoms with Crippen molar-refractivity contribution in [3.8, 4) is 44.5 Å². The maximum Gasteiger partial charge on any atom is 0.0388 e. The lowest BCUT2D eigenvalue weighted by Gasteiger charge is -2.26. The van der Waals surface area contributed by atoms with E-state index in [0.29, 0.717) is 11.8 Å². The minimum absolute atomic E-state index is 0.294. The van der Waals surface area contributed by atoms with Crippen molar-refractivity contribution >= 4 is 16.8 Å². The Hall–Kier alpha value is -6.18. The third-order valence-electron chi connectivity index (χ3n) is 12.5. The Bertz CT molecular complexity index is 2740. The van der Waals surface area contributed by atoms with E-state index in [0.717, 1.165) is 29.8 Å². The van der Waals surface area contributed by atoms with Crippen LogP contribution in [-0.2, 0) is 12.8 Å². The van der Waals surface area contributed by atoms with E-state index in [1.165, 1.54) is 100 Å². The highest BCUT2D eigenvalue weighted by Crippen LogP contribution is 2.45. The van der Waals surface area contributed by atoms with Crippen LogP contribution in [0.4, 0.5) is 0 Å². The molecule has 6 aromatic carbocycles. The Kier molecular flexibility index (Phi) is 7.89. The highest BCUT2D eigenvalue weighted by molar-refractivity contribution is 5.92. The van der Waals surface area contributed by atoms with Crippen molar-refractivity contribution < 1.29 is 0 Å².